The molecule has 0 aliphatic heterocycles. The third kappa shape index (κ3) is 8.11. The number of allylic oxidation sites excluding steroid dienone is 1. The van der Waals surface area contributed by atoms with E-state index in [0.717, 1.165) is 12.0 Å². The number of aromatic nitrogens is 1. The lowest BCUT2D eigenvalue weighted by molar-refractivity contribution is -0.129. The van der Waals surface area contributed by atoms with Crippen LogP contribution in [-0.4, -0.2) is 11.0 Å². The van der Waals surface area contributed by atoms with Crippen molar-refractivity contribution < 1.29 is 9.53 Å². The van der Waals surface area contributed by atoms with Crippen LogP contribution in [0.4, 0.5) is 0 Å². The van der Waals surface area contributed by atoms with Crippen LogP contribution in [0.1, 0.15) is 56.6 Å². The Morgan fingerprint density at radius 1 is 0.962 bits per heavy atom. The molecule has 0 aliphatic carbocycles. The maximum absolute atomic E-state index is 11.8. The van der Waals surface area contributed by atoms with Gasteiger partial charge >= 0.3 is 5.97 Å². The van der Waals surface area contributed by atoms with Gasteiger partial charge in [0.05, 0.1) is 0 Å². The summed E-state index contributed by atoms with van der Waals surface area (Å²) in [6.07, 6.45) is 14.5. The van der Waals surface area contributed by atoms with Crippen LogP contribution in [0.2, 0.25) is 0 Å². The number of esters is 1. The highest BCUT2D eigenvalue weighted by atomic mass is 16.5. The smallest absolute Gasteiger partial charge is 0.337 e. The van der Waals surface area contributed by atoms with Gasteiger partial charge in [0.25, 0.3) is 0 Å². The number of carbonyl (C=O) groups excluding carboxylic acids is 1. The summed E-state index contributed by atoms with van der Waals surface area (Å²) in [5, 5.41) is 0. The number of hydrogen-bond donors (Lipinski definition) is 0. The summed E-state index contributed by atoms with van der Waals surface area (Å²) < 4.78 is 5.24. The Kier molecular flexibility index (Phi) is 9.20. The molecule has 2 aromatic rings. The van der Waals surface area contributed by atoms with Crippen molar-refractivity contribution in [3.8, 4) is 5.88 Å². The summed E-state index contributed by atoms with van der Waals surface area (Å²) in [6, 6.07) is 13.8. The second-order valence-electron chi connectivity index (χ2n) is 6.54. The molecule has 0 spiro atoms. The molecule has 0 unspecified atom stereocenters. The largest absolute Gasteiger partial charge is 0.404 e. The first-order valence-electron chi connectivity index (χ1n) is 9.65. The normalized spacial score (nSPS) is 11.0. The van der Waals surface area contributed by atoms with Crippen molar-refractivity contribution in [3.63, 3.8) is 0 Å². The zero-order chi connectivity index (χ0) is 18.5. The summed E-state index contributed by atoms with van der Waals surface area (Å²) in [6.45, 7) is 2.24. The molecule has 0 atom stereocenters. The number of unbranched alkanes of at least 4 members (excludes halogenated alkanes) is 5. The van der Waals surface area contributed by atoms with Crippen LogP contribution >= 0.6 is 0 Å². The summed E-state index contributed by atoms with van der Waals surface area (Å²) in [5.74, 6) is -0.0387. The van der Waals surface area contributed by atoms with E-state index in [2.05, 4.69) is 11.9 Å². The van der Waals surface area contributed by atoms with E-state index >= 15 is 0 Å². The average Bonchev–Trinajstić information content (AvgIpc) is 2.67. The van der Waals surface area contributed by atoms with Crippen LogP contribution < -0.4 is 4.74 Å². The minimum atomic E-state index is -0.392. The van der Waals surface area contributed by atoms with E-state index in [1.807, 2.05) is 48.7 Å². The molecule has 0 saturated carbocycles. The number of ether oxygens (including phenoxy) is 1. The molecule has 1 aromatic carbocycles. The van der Waals surface area contributed by atoms with Crippen molar-refractivity contribution in [3.05, 3.63) is 71.9 Å². The minimum Gasteiger partial charge on any atom is -0.404 e. The Morgan fingerprint density at radius 3 is 2.46 bits per heavy atom. The summed E-state index contributed by atoms with van der Waals surface area (Å²) in [7, 11) is 0. The second-order valence-corrected chi connectivity index (χ2v) is 6.54. The number of rotatable bonds is 11. The standard InChI is InChI=1S/C23H29NO2/c1-2-3-4-5-6-8-14-21-17-18-22(24-19-21)26-23(25)16-11-15-20-12-9-7-10-13-20/h7,9-13,16-19H,2-6,8,14-15H2,1H3/b16-11+. The van der Waals surface area contributed by atoms with E-state index < -0.39 is 5.97 Å². The molecule has 0 bridgehead atoms. The van der Waals surface area contributed by atoms with Crippen molar-refractivity contribution in [2.75, 3.05) is 0 Å². The average molecular weight is 351 g/mol. The lowest BCUT2D eigenvalue weighted by atomic mass is 10.1. The summed E-state index contributed by atoms with van der Waals surface area (Å²) in [5.41, 5.74) is 2.36. The van der Waals surface area contributed by atoms with Crippen LogP contribution in [0.3, 0.4) is 0 Å². The molecule has 3 nitrogen and oxygen atoms in total. The molecule has 138 valence electrons. The van der Waals surface area contributed by atoms with Crippen LogP contribution in [0.5, 0.6) is 5.88 Å². The van der Waals surface area contributed by atoms with E-state index in [9.17, 15) is 4.79 Å². The van der Waals surface area contributed by atoms with Gasteiger partial charge < -0.3 is 4.74 Å². The molecule has 0 fully saturated rings. The molecule has 3 heteroatoms. The van der Waals surface area contributed by atoms with Gasteiger partial charge in [0.2, 0.25) is 5.88 Å². The number of carbonyl (C=O) groups is 1. The molecule has 26 heavy (non-hydrogen) atoms. The van der Waals surface area contributed by atoms with Gasteiger partial charge in [0, 0.05) is 18.3 Å². The number of nitrogens with zero attached hydrogens (tertiary/aromatic N) is 1. The molecule has 0 N–H and O–H groups in total. The Hall–Kier alpha value is -2.42. The molecule has 1 aromatic heterocycles. The minimum absolute atomic E-state index is 0.353. The van der Waals surface area contributed by atoms with Crippen molar-refractivity contribution in [1.29, 1.82) is 0 Å². The lowest BCUT2D eigenvalue weighted by Crippen LogP contribution is -2.05. The fraction of sp³-hybridized carbons (Fsp3) is 0.391. The van der Waals surface area contributed by atoms with Crippen LogP contribution in [-0.2, 0) is 17.6 Å². The molecular formula is C23H29NO2. The Morgan fingerprint density at radius 2 is 1.73 bits per heavy atom. The third-order valence-corrected chi connectivity index (χ3v) is 4.27. The monoisotopic (exact) mass is 351 g/mol. The van der Waals surface area contributed by atoms with Crippen LogP contribution in [0, 0.1) is 0 Å². The Bertz CT molecular complexity index is 662. The number of aryl methyl sites for hydroxylation is 1. The highest BCUT2D eigenvalue weighted by Crippen LogP contribution is 2.12. The summed E-state index contributed by atoms with van der Waals surface area (Å²) in [4.78, 5) is 16.1. The van der Waals surface area contributed by atoms with Gasteiger partial charge in [0.1, 0.15) is 0 Å². The highest BCUT2D eigenvalue weighted by Gasteiger charge is 2.02. The first kappa shape index (κ1) is 19.9. The molecule has 0 aliphatic rings. The molecular weight excluding hydrogens is 322 g/mol. The quantitative estimate of drug-likeness (QED) is 0.297. The van der Waals surface area contributed by atoms with Crippen molar-refractivity contribution in [2.45, 2.75) is 58.3 Å². The topological polar surface area (TPSA) is 39.2 Å². The lowest BCUT2D eigenvalue weighted by Gasteiger charge is -2.04. The van der Waals surface area contributed by atoms with Gasteiger partial charge in [-0.1, -0.05) is 81.5 Å². The van der Waals surface area contributed by atoms with Gasteiger partial charge in [-0.2, -0.15) is 0 Å². The first-order valence-corrected chi connectivity index (χ1v) is 9.65. The van der Waals surface area contributed by atoms with Crippen LogP contribution in [0.25, 0.3) is 0 Å². The van der Waals surface area contributed by atoms with Gasteiger partial charge in [-0.25, -0.2) is 9.78 Å². The zero-order valence-corrected chi connectivity index (χ0v) is 15.7. The van der Waals surface area contributed by atoms with Crippen molar-refractivity contribution >= 4 is 5.97 Å². The molecule has 1 heterocycles. The van der Waals surface area contributed by atoms with E-state index in [1.54, 1.807) is 6.07 Å². The zero-order valence-electron chi connectivity index (χ0n) is 15.7. The van der Waals surface area contributed by atoms with E-state index in [1.165, 1.54) is 50.2 Å². The molecule has 0 saturated heterocycles. The summed E-state index contributed by atoms with van der Waals surface area (Å²) >= 11 is 0. The Labute approximate surface area is 157 Å². The van der Waals surface area contributed by atoms with Crippen molar-refractivity contribution in [1.82, 2.24) is 4.98 Å². The van der Waals surface area contributed by atoms with Crippen LogP contribution in [0.15, 0.2) is 60.8 Å². The van der Waals surface area contributed by atoms with Gasteiger partial charge in [-0.3, -0.25) is 0 Å². The van der Waals surface area contributed by atoms with E-state index in [0.29, 0.717) is 12.3 Å². The number of hydrogen-bond acceptors (Lipinski definition) is 3. The second kappa shape index (κ2) is 12.0. The Balaban J connectivity index is 1.68. The fourth-order valence-corrected chi connectivity index (χ4v) is 2.77. The number of benzene rings is 1. The maximum Gasteiger partial charge on any atom is 0.337 e. The van der Waals surface area contributed by atoms with Gasteiger partial charge in [-0.05, 0) is 30.4 Å². The van der Waals surface area contributed by atoms with E-state index in [-0.39, 0.29) is 0 Å². The predicted molar refractivity (Wildman–Crippen MR) is 106 cm³/mol. The fourth-order valence-electron chi connectivity index (χ4n) is 2.77. The maximum atomic E-state index is 11.8. The van der Waals surface area contributed by atoms with E-state index in [4.69, 9.17) is 4.74 Å². The molecule has 0 radical (unpaired) electrons. The predicted octanol–water partition coefficient (Wildman–Crippen LogP) is 5.69. The molecule has 2 rings (SSSR count). The van der Waals surface area contributed by atoms with Gasteiger partial charge in [0.15, 0.2) is 0 Å². The third-order valence-electron chi connectivity index (χ3n) is 4.27. The van der Waals surface area contributed by atoms with Gasteiger partial charge in [-0.15, -0.1) is 0 Å². The first-order chi connectivity index (χ1) is 12.8. The van der Waals surface area contributed by atoms with Crippen molar-refractivity contribution in [2.24, 2.45) is 0 Å². The highest BCUT2D eigenvalue weighted by molar-refractivity contribution is 5.83. The number of pyridine rings is 1. The SMILES string of the molecule is CCCCCCCCc1ccc(OC(=O)/C=C/Cc2ccccc2)nc1. The molecule has 0 amide bonds.